The predicted molar refractivity (Wildman–Crippen MR) is 241 cm³/mol. The molecule has 1 saturated heterocycles. The summed E-state index contributed by atoms with van der Waals surface area (Å²) in [4.78, 5) is 26.0. The molecular weight excluding hydrogens is 834 g/mol. The maximum Gasteiger partial charge on any atom is 0.268 e. The number of nitrogens with one attached hydrogen (secondary N) is 2. The molecule has 3 heterocycles. The number of carbonyl (C=O) groups is 1. The van der Waals surface area contributed by atoms with E-state index in [1.807, 2.05) is 37.3 Å². The molecule has 0 bridgehead atoms. The van der Waals surface area contributed by atoms with Crippen molar-refractivity contribution in [1.29, 1.82) is 0 Å². The third-order valence-corrected chi connectivity index (χ3v) is 14.3. The Hall–Kier alpha value is -4.59. The Kier molecular flexibility index (Phi) is 12.5. The van der Waals surface area contributed by atoms with E-state index >= 15 is 0 Å². The van der Waals surface area contributed by atoms with Gasteiger partial charge in [0.1, 0.15) is 22.9 Å². The van der Waals surface area contributed by atoms with Gasteiger partial charge in [0, 0.05) is 61.1 Å². The van der Waals surface area contributed by atoms with Crippen LogP contribution >= 0.6 is 23.2 Å². The quantitative estimate of drug-likeness (QED) is 0.112. The lowest BCUT2D eigenvalue weighted by molar-refractivity contribution is 0.00153. The Morgan fingerprint density at radius 1 is 0.934 bits per heavy atom. The number of rotatable bonds is 12. The van der Waals surface area contributed by atoms with Crippen LogP contribution in [-0.4, -0.2) is 79.2 Å². The molecule has 8 rings (SSSR count). The molecule has 3 aromatic carbocycles. The van der Waals surface area contributed by atoms with Crippen molar-refractivity contribution in [3.8, 4) is 17.2 Å². The summed E-state index contributed by atoms with van der Waals surface area (Å²) in [7, 11) is -4.35. The summed E-state index contributed by atoms with van der Waals surface area (Å²) in [6, 6.07) is 21.3. The number of aliphatic hydroxyl groups is 1. The molecule has 1 saturated carbocycles. The van der Waals surface area contributed by atoms with Crippen molar-refractivity contribution in [2.24, 2.45) is 11.3 Å². The number of benzene rings is 3. The molecule has 1 aliphatic heterocycles. The van der Waals surface area contributed by atoms with Crippen LogP contribution in [0.3, 0.4) is 0 Å². The molecule has 2 aliphatic carbocycles. The first-order valence-electron chi connectivity index (χ1n) is 21.0. The number of ether oxygens (including phenoxy) is 2. The SMILES string of the molecule is CC1(C)CCC(CN2CCN(c3ccc(C(=O)NS(=O)(=O)c4ccc(OC[C@H]5CC[C@](C)(O)CC5)c(Cl)c4)c(Oc4cnc5[nH]ccc5c4)c3)CC2)=C(c2ccc(Cl)cc2)C1. The van der Waals surface area contributed by atoms with Crippen LogP contribution in [0.5, 0.6) is 17.2 Å². The highest BCUT2D eigenvalue weighted by molar-refractivity contribution is 7.90. The summed E-state index contributed by atoms with van der Waals surface area (Å²) in [6.45, 7) is 11.1. The second kappa shape index (κ2) is 17.6. The fourth-order valence-electron chi connectivity index (χ4n) is 8.66. The molecular formula is C47H53Cl2N5O6S. The van der Waals surface area contributed by atoms with Gasteiger partial charge in [0.2, 0.25) is 0 Å². The van der Waals surface area contributed by atoms with Gasteiger partial charge < -0.3 is 24.5 Å². The molecule has 11 nitrogen and oxygen atoms in total. The molecule has 3 aliphatic rings. The number of halogens is 2. The van der Waals surface area contributed by atoms with Crippen LogP contribution in [0, 0.1) is 11.3 Å². The highest BCUT2D eigenvalue weighted by Crippen LogP contribution is 2.44. The van der Waals surface area contributed by atoms with Crippen LogP contribution in [0.15, 0.2) is 95.7 Å². The lowest BCUT2D eigenvalue weighted by atomic mass is 9.72. The molecule has 0 radical (unpaired) electrons. The van der Waals surface area contributed by atoms with Gasteiger partial charge in [0.15, 0.2) is 0 Å². The Balaban J connectivity index is 0.974. The van der Waals surface area contributed by atoms with Crippen molar-refractivity contribution in [3.63, 3.8) is 0 Å². The van der Waals surface area contributed by atoms with Gasteiger partial charge in [0.05, 0.1) is 33.9 Å². The number of allylic oxidation sites excluding steroid dienone is 1. The maximum absolute atomic E-state index is 13.9. The molecule has 0 atom stereocenters. The van der Waals surface area contributed by atoms with Crippen molar-refractivity contribution >= 4 is 61.4 Å². The first-order valence-corrected chi connectivity index (χ1v) is 23.2. The minimum atomic E-state index is -4.35. The van der Waals surface area contributed by atoms with Crippen LogP contribution in [0.1, 0.15) is 81.6 Å². The zero-order valence-corrected chi connectivity index (χ0v) is 37.2. The van der Waals surface area contributed by atoms with Gasteiger partial charge in [-0.2, -0.15) is 0 Å². The molecule has 61 heavy (non-hydrogen) atoms. The summed E-state index contributed by atoms with van der Waals surface area (Å²) in [5.41, 5.74) is 5.33. The fourth-order valence-corrected chi connectivity index (χ4v) is 10.1. The average Bonchev–Trinajstić information content (AvgIpc) is 3.70. The summed E-state index contributed by atoms with van der Waals surface area (Å²) in [5.74, 6) is 0.346. The summed E-state index contributed by atoms with van der Waals surface area (Å²) in [6.07, 6.45) is 9.64. The van der Waals surface area contributed by atoms with E-state index in [2.05, 4.69) is 50.5 Å². The van der Waals surface area contributed by atoms with E-state index in [9.17, 15) is 18.3 Å². The standard InChI is InChI=1S/C47H53Cl2N5O6S/c1-46(2)16-14-34(40(27-46)32-4-6-35(48)7-5-32)29-53-20-22-54(23-21-53)36-8-10-39(43(25-36)60-37-24-33-15-19-50-44(33)51-28-37)45(55)52-61(57,58)38-9-11-42(41(49)26-38)59-30-31-12-17-47(3,56)18-13-31/h4-11,15,19,24-26,28,31,56H,12-14,16-18,20-23,27,29-30H2,1-3H3,(H,50,51)(H,52,55)/t31-,47-. The van der Waals surface area contributed by atoms with Crippen molar-refractivity contribution in [2.45, 2.75) is 76.2 Å². The normalized spacial score (nSPS) is 21.1. The Morgan fingerprint density at radius 3 is 2.43 bits per heavy atom. The minimum absolute atomic E-state index is 0.0412. The van der Waals surface area contributed by atoms with Crippen molar-refractivity contribution < 1.29 is 27.8 Å². The van der Waals surface area contributed by atoms with E-state index in [0.29, 0.717) is 36.6 Å². The summed E-state index contributed by atoms with van der Waals surface area (Å²) in [5, 5.41) is 11.9. The van der Waals surface area contributed by atoms with Gasteiger partial charge >= 0.3 is 0 Å². The highest BCUT2D eigenvalue weighted by atomic mass is 35.5. The van der Waals surface area contributed by atoms with E-state index in [-0.39, 0.29) is 32.6 Å². The van der Waals surface area contributed by atoms with Gasteiger partial charge in [-0.3, -0.25) is 9.69 Å². The van der Waals surface area contributed by atoms with Crippen molar-refractivity contribution in [3.05, 3.63) is 112 Å². The number of fused-ring (bicyclic) bond motifs is 1. The van der Waals surface area contributed by atoms with E-state index in [0.717, 1.165) is 80.9 Å². The van der Waals surface area contributed by atoms with Crippen molar-refractivity contribution in [2.75, 3.05) is 44.2 Å². The topological polar surface area (TPSA) is 137 Å². The van der Waals surface area contributed by atoms with Gasteiger partial charge in [-0.05, 0) is 129 Å². The summed E-state index contributed by atoms with van der Waals surface area (Å²) < 4.78 is 41.8. The van der Waals surface area contributed by atoms with Crippen LogP contribution in [0.4, 0.5) is 5.69 Å². The first kappa shape index (κ1) is 43.1. The number of amides is 1. The van der Waals surface area contributed by atoms with Crippen LogP contribution in [0.2, 0.25) is 10.0 Å². The molecule has 3 N–H and O–H groups in total. The number of pyridine rings is 1. The van der Waals surface area contributed by atoms with Crippen LogP contribution in [0.25, 0.3) is 16.6 Å². The number of sulfonamides is 1. The van der Waals surface area contributed by atoms with Gasteiger partial charge in [0.25, 0.3) is 15.9 Å². The monoisotopic (exact) mass is 885 g/mol. The highest BCUT2D eigenvalue weighted by Gasteiger charge is 2.31. The first-order chi connectivity index (χ1) is 29.1. The largest absolute Gasteiger partial charge is 0.492 e. The number of carbonyl (C=O) groups excluding carboxylic acids is 1. The van der Waals surface area contributed by atoms with Crippen LogP contribution in [-0.2, 0) is 10.0 Å². The number of aromatic nitrogens is 2. The smallest absolute Gasteiger partial charge is 0.268 e. The average molecular weight is 887 g/mol. The third-order valence-electron chi connectivity index (χ3n) is 12.4. The van der Waals surface area contributed by atoms with E-state index in [4.69, 9.17) is 32.7 Å². The second-order valence-corrected chi connectivity index (χ2v) is 20.4. The van der Waals surface area contributed by atoms with Gasteiger partial charge in [-0.15, -0.1) is 0 Å². The minimum Gasteiger partial charge on any atom is -0.492 e. The van der Waals surface area contributed by atoms with Crippen LogP contribution < -0.4 is 19.1 Å². The van der Waals surface area contributed by atoms with Gasteiger partial charge in [-0.25, -0.2) is 18.1 Å². The molecule has 2 fully saturated rings. The molecule has 5 aromatic rings. The summed E-state index contributed by atoms with van der Waals surface area (Å²) >= 11 is 12.8. The van der Waals surface area contributed by atoms with E-state index in [1.54, 1.807) is 24.5 Å². The fraction of sp³-hybridized carbons (Fsp3) is 0.404. The number of anilines is 1. The molecule has 1 amide bonds. The number of piperazine rings is 1. The number of hydrogen-bond acceptors (Lipinski definition) is 9. The Bertz CT molecular complexity index is 2540. The number of aromatic amines is 1. The number of H-pyrrole nitrogens is 1. The maximum atomic E-state index is 13.9. The Morgan fingerprint density at radius 2 is 1.69 bits per heavy atom. The van der Waals surface area contributed by atoms with Crippen molar-refractivity contribution in [1.82, 2.24) is 19.6 Å². The van der Waals surface area contributed by atoms with E-state index in [1.165, 1.54) is 34.9 Å². The lowest BCUT2D eigenvalue weighted by Crippen LogP contribution is -2.47. The molecule has 14 heteroatoms. The predicted octanol–water partition coefficient (Wildman–Crippen LogP) is 9.89. The molecule has 0 unspecified atom stereocenters. The molecule has 2 aromatic heterocycles. The Labute approximate surface area is 368 Å². The van der Waals surface area contributed by atoms with E-state index < -0.39 is 21.5 Å². The number of hydrogen-bond donors (Lipinski definition) is 3. The number of nitrogens with zero attached hydrogens (tertiary/aromatic N) is 3. The molecule has 0 spiro atoms. The second-order valence-electron chi connectivity index (χ2n) is 17.8. The molecule has 322 valence electrons. The zero-order chi connectivity index (χ0) is 42.9. The third kappa shape index (κ3) is 10.4. The van der Waals surface area contributed by atoms with Gasteiger partial charge in [-0.1, -0.05) is 54.8 Å². The lowest BCUT2D eigenvalue weighted by Gasteiger charge is -2.39. The zero-order valence-electron chi connectivity index (χ0n) is 34.8.